The molecule has 5 heterocycles. The zero-order valence-electron chi connectivity index (χ0n) is 16.0. The van der Waals surface area contributed by atoms with Gasteiger partial charge >= 0.3 is 6.18 Å². The van der Waals surface area contributed by atoms with Crippen LogP contribution < -0.4 is 0 Å². The summed E-state index contributed by atoms with van der Waals surface area (Å²) >= 11 is 0. The van der Waals surface area contributed by atoms with Crippen LogP contribution in [0.3, 0.4) is 0 Å². The highest BCUT2D eigenvalue weighted by molar-refractivity contribution is 5.96. The molecule has 4 aromatic rings. The number of rotatable bonds is 3. The number of alkyl halides is 3. The summed E-state index contributed by atoms with van der Waals surface area (Å²) < 4.78 is 41.8. The number of carbonyl (C=O) groups is 1. The molecule has 0 aromatic carbocycles. The molecule has 0 N–H and O–H groups in total. The number of pyridine rings is 2. The van der Waals surface area contributed by atoms with Crippen molar-refractivity contribution in [2.45, 2.75) is 25.8 Å². The van der Waals surface area contributed by atoms with Gasteiger partial charge in [-0.2, -0.15) is 13.2 Å². The van der Waals surface area contributed by atoms with Gasteiger partial charge in [0.2, 0.25) is 5.82 Å². The van der Waals surface area contributed by atoms with Crippen LogP contribution in [0.4, 0.5) is 13.2 Å². The maximum absolute atomic E-state index is 13.0. The largest absolute Gasteiger partial charge is 0.451 e. The molecular weight excluding hydrogens is 413 g/mol. The van der Waals surface area contributed by atoms with Crippen LogP contribution in [0.15, 0.2) is 43.0 Å². The molecule has 0 radical (unpaired) electrons. The van der Waals surface area contributed by atoms with Gasteiger partial charge in [-0.05, 0) is 18.2 Å². The molecule has 1 amide bonds. The Hall–Kier alpha value is -3.83. The van der Waals surface area contributed by atoms with Crippen LogP contribution in [-0.4, -0.2) is 51.6 Å². The Kier molecular flexibility index (Phi) is 4.41. The third-order valence-electron chi connectivity index (χ3n) is 5.05. The van der Waals surface area contributed by atoms with E-state index in [9.17, 15) is 18.0 Å². The minimum Gasteiger partial charge on any atom is -0.329 e. The molecule has 12 heteroatoms. The van der Waals surface area contributed by atoms with E-state index in [0.717, 1.165) is 10.3 Å². The summed E-state index contributed by atoms with van der Waals surface area (Å²) in [4.78, 5) is 27.3. The molecule has 158 valence electrons. The molecule has 1 aliphatic rings. The zero-order valence-corrected chi connectivity index (χ0v) is 16.0. The van der Waals surface area contributed by atoms with Crippen molar-refractivity contribution in [1.29, 1.82) is 0 Å². The summed E-state index contributed by atoms with van der Waals surface area (Å²) in [5, 5.41) is 6.84. The molecule has 1 aliphatic heterocycles. The average molecular weight is 428 g/mol. The third kappa shape index (κ3) is 3.49. The van der Waals surface area contributed by atoms with Gasteiger partial charge in [-0.3, -0.25) is 9.78 Å². The average Bonchev–Trinajstić information content (AvgIpc) is 3.37. The van der Waals surface area contributed by atoms with E-state index in [2.05, 4.69) is 25.1 Å². The van der Waals surface area contributed by atoms with E-state index in [1.807, 2.05) is 22.8 Å². The van der Waals surface area contributed by atoms with Crippen molar-refractivity contribution in [3.63, 3.8) is 0 Å². The maximum Gasteiger partial charge on any atom is 0.451 e. The smallest absolute Gasteiger partial charge is 0.329 e. The lowest BCUT2D eigenvalue weighted by Gasteiger charge is -2.28. The minimum atomic E-state index is -4.58. The summed E-state index contributed by atoms with van der Waals surface area (Å²) in [6, 6.07) is 7.24. The number of imidazole rings is 1. The molecule has 0 saturated carbocycles. The number of halogens is 3. The van der Waals surface area contributed by atoms with Gasteiger partial charge in [0.25, 0.3) is 5.91 Å². The van der Waals surface area contributed by atoms with E-state index in [1.54, 1.807) is 18.6 Å². The maximum atomic E-state index is 13.0. The van der Waals surface area contributed by atoms with Crippen LogP contribution in [-0.2, 0) is 25.8 Å². The number of carbonyl (C=O) groups excluding carboxylic acids is 1. The van der Waals surface area contributed by atoms with Gasteiger partial charge in [-0.1, -0.05) is 6.07 Å². The van der Waals surface area contributed by atoms with Crippen molar-refractivity contribution < 1.29 is 18.0 Å². The lowest BCUT2D eigenvalue weighted by molar-refractivity contribution is -0.147. The highest BCUT2D eigenvalue weighted by atomic mass is 19.4. The van der Waals surface area contributed by atoms with Gasteiger partial charge in [0.05, 0.1) is 30.7 Å². The second kappa shape index (κ2) is 7.15. The number of fused-ring (bicyclic) bond motifs is 2. The van der Waals surface area contributed by atoms with Gasteiger partial charge in [0, 0.05) is 25.5 Å². The fourth-order valence-corrected chi connectivity index (χ4v) is 3.57. The molecule has 9 nitrogen and oxygen atoms in total. The molecule has 0 aliphatic carbocycles. The van der Waals surface area contributed by atoms with E-state index in [4.69, 9.17) is 0 Å². The van der Waals surface area contributed by atoms with Crippen LogP contribution in [0.25, 0.3) is 11.2 Å². The molecule has 0 spiro atoms. The van der Waals surface area contributed by atoms with Crippen molar-refractivity contribution in [1.82, 2.24) is 39.2 Å². The Bertz CT molecular complexity index is 1260. The first-order chi connectivity index (χ1) is 14.9. The Morgan fingerprint density at radius 2 is 1.97 bits per heavy atom. The Labute approximate surface area is 173 Å². The van der Waals surface area contributed by atoms with E-state index < -0.39 is 12.0 Å². The van der Waals surface area contributed by atoms with Crippen molar-refractivity contribution in [3.8, 4) is 0 Å². The standard InChI is InChI=1S/C19H15F3N8O/c20-19(21,22)18-27-26-15-10-28(5-6-30(15)18)17(31)12-7-14-16(24-8-12)29(11-25-14)9-13-3-1-2-4-23-13/h1-4,7-8,11H,5-6,9-10H2. The normalized spacial score (nSPS) is 14.1. The van der Waals surface area contributed by atoms with Crippen molar-refractivity contribution in [2.75, 3.05) is 6.54 Å². The highest BCUT2D eigenvalue weighted by Gasteiger charge is 2.40. The number of hydrogen-bond donors (Lipinski definition) is 0. The summed E-state index contributed by atoms with van der Waals surface area (Å²) in [7, 11) is 0. The molecule has 0 saturated heterocycles. The van der Waals surface area contributed by atoms with Crippen LogP contribution in [0, 0.1) is 0 Å². The topological polar surface area (TPSA) is 94.6 Å². The summed E-state index contributed by atoms with van der Waals surface area (Å²) in [5.41, 5.74) is 2.30. The van der Waals surface area contributed by atoms with Crippen molar-refractivity contribution >= 4 is 17.1 Å². The molecule has 0 unspecified atom stereocenters. The van der Waals surface area contributed by atoms with Crippen LogP contribution in [0.5, 0.6) is 0 Å². The van der Waals surface area contributed by atoms with E-state index >= 15 is 0 Å². The predicted molar refractivity (Wildman–Crippen MR) is 101 cm³/mol. The van der Waals surface area contributed by atoms with Crippen LogP contribution >= 0.6 is 0 Å². The molecule has 0 bridgehead atoms. The number of hydrogen-bond acceptors (Lipinski definition) is 6. The summed E-state index contributed by atoms with van der Waals surface area (Å²) in [6.07, 6.45) is 0.195. The van der Waals surface area contributed by atoms with Crippen molar-refractivity contribution in [3.05, 3.63) is 65.9 Å². The first-order valence-electron chi connectivity index (χ1n) is 9.39. The molecule has 4 aromatic heterocycles. The predicted octanol–water partition coefficient (Wildman–Crippen LogP) is 2.14. The molecule has 31 heavy (non-hydrogen) atoms. The highest BCUT2D eigenvalue weighted by Crippen LogP contribution is 2.29. The van der Waals surface area contributed by atoms with Crippen LogP contribution in [0.1, 0.15) is 27.7 Å². The summed E-state index contributed by atoms with van der Waals surface area (Å²) in [5.74, 6) is -1.30. The first-order valence-corrected chi connectivity index (χ1v) is 9.39. The first kappa shape index (κ1) is 19.2. The SMILES string of the molecule is O=C(c1cnc2c(c1)ncn2Cc1ccccn1)N1CCn2c(nnc2C(F)(F)F)C1. The monoisotopic (exact) mass is 428 g/mol. The quantitative estimate of drug-likeness (QED) is 0.496. The lowest BCUT2D eigenvalue weighted by Crippen LogP contribution is -2.39. The molecule has 0 fully saturated rings. The van der Waals surface area contributed by atoms with Gasteiger partial charge in [-0.15, -0.1) is 10.2 Å². The van der Waals surface area contributed by atoms with Gasteiger partial charge in [0.15, 0.2) is 11.5 Å². The summed E-state index contributed by atoms with van der Waals surface area (Å²) in [6.45, 7) is 0.505. The van der Waals surface area contributed by atoms with Gasteiger partial charge in [-0.25, -0.2) is 9.97 Å². The van der Waals surface area contributed by atoms with E-state index in [0.29, 0.717) is 23.3 Å². The van der Waals surface area contributed by atoms with Crippen molar-refractivity contribution in [2.24, 2.45) is 0 Å². The van der Waals surface area contributed by atoms with Gasteiger partial charge in [0.1, 0.15) is 5.52 Å². The lowest BCUT2D eigenvalue weighted by atomic mass is 10.2. The number of amides is 1. The minimum absolute atomic E-state index is 0.0305. The molecular formula is C19H15F3N8O. The zero-order chi connectivity index (χ0) is 21.6. The Morgan fingerprint density at radius 3 is 2.74 bits per heavy atom. The molecule has 5 rings (SSSR count). The second-order valence-corrected chi connectivity index (χ2v) is 7.08. The van der Waals surface area contributed by atoms with E-state index in [1.165, 1.54) is 11.1 Å². The fourth-order valence-electron chi connectivity index (χ4n) is 3.57. The number of aromatic nitrogens is 7. The van der Waals surface area contributed by atoms with Crippen LogP contribution in [0.2, 0.25) is 0 Å². The molecule has 0 atom stereocenters. The Balaban J connectivity index is 1.36. The number of nitrogens with zero attached hydrogens (tertiary/aromatic N) is 8. The fraction of sp³-hybridized carbons (Fsp3) is 0.263. The van der Waals surface area contributed by atoms with E-state index in [-0.39, 0.29) is 31.4 Å². The Morgan fingerprint density at radius 1 is 1.10 bits per heavy atom. The second-order valence-electron chi connectivity index (χ2n) is 7.08. The third-order valence-corrected chi connectivity index (χ3v) is 5.05. The van der Waals surface area contributed by atoms with Gasteiger partial charge < -0.3 is 14.0 Å².